The molecular weight excluding hydrogens is 207 g/mol. The highest BCUT2D eigenvalue weighted by Crippen LogP contribution is 2.15. The molecule has 0 saturated carbocycles. The standard InChI is InChI=1S/C12H15O2P/c1-2-10(13)8-9-14-11-4-3-5-12(15)7-6-11/h2,4-7H,1,3,8-9,15H2. The summed E-state index contributed by atoms with van der Waals surface area (Å²) in [4.78, 5) is 10.9. The molecule has 0 saturated heterocycles. The van der Waals surface area contributed by atoms with E-state index in [-0.39, 0.29) is 5.78 Å². The zero-order valence-corrected chi connectivity index (χ0v) is 9.76. The van der Waals surface area contributed by atoms with E-state index in [2.05, 4.69) is 21.9 Å². The van der Waals surface area contributed by atoms with Gasteiger partial charge in [0.25, 0.3) is 0 Å². The minimum Gasteiger partial charge on any atom is -0.493 e. The molecule has 0 heterocycles. The third kappa shape index (κ3) is 4.75. The second-order valence-corrected chi connectivity index (χ2v) is 3.82. The van der Waals surface area contributed by atoms with Gasteiger partial charge in [-0.3, -0.25) is 4.79 Å². The molecule has 0 N–H and O–H groups in total. The summed E-state index contributed by atoms with van der Waals surface area (Å²) in [5.41, 5.74) is 0. The van der Waals surface area contributed by atoms with Gasteiger partial charge in [-0.2, -0.15) is 0 Å². The molecule has 1 aliphatic carbocycles. The van der Waals surface area contributed by atoms with Gasteiger partial charge in [0.2, 0.25) is 0 Å². The summed E-state index contributed by atoms with van der Waals surface area (Å²) in [7, 11) is 2.64. The summed E-state index contributed by atoms with van der Waals surface area (Å²) in [6.07, 6.45) is 10.5. The average molecular weight is 222 g/mol. The molecule has 1 rings (SSSR count). The van der Waals surface area contributed by atoms with Crippen molar-refractivity contribution in [2.24, 2.45) is 0 Å². The van der Waals surface area contributed by atoms with Gasteiger partial charge in [0.15, 0.2) is 5.78 Å². The average Bonchev–Trinajstić information content (AvgIpc) is 2.43. The van der Waals surface area contributed by atoms with Gasteiger partial charge in [-0.15, -0.1) is 9.24 Å². The quantitative estimate of drug-likeness (QED) is 0.528. The van der Waals surface area contributed by atoms with Gasteiger partial charge < -0.3 is 4.74 Å². The fourth-order valence-electron chi connectivity index (χ4n) is 1.10. The molecule has 0 aromatic heterocycles. The molecule has 15 heavy (non-hydrogen) atoms. The fourth-order valence-corrected chi connectivity index (χ4v) is 1.34. The van der Waals surface area contributed by atoms with E-state index in [1.54, 1.807) is 0 Å². The maximum absolute atomic E-state index is 10.9. The number of hydrogen-bond donors (Lipinski definition) is 0. The number of hydrogen-bond acceptors (Lipinski definition) is 2. The van der Waals surface area contributed by atoms with Crippen LogP contribution in [-0.4, -0.2) is 12.4 Å². The van der Waals surface area contributed by atoms with Crippen molar-refractivity contribution in [3.05, 3.63) is 48.0 Å². The van der Waals surface area contributed by atoms with Crippen LogP contribution < -0.4 is 0 Å². The minimum absolute atomic E-state index is 0.0121. The molecule has 0 amide bonds. The lowest BCUT2D eigenvalue weighted by Crippen LogP contribution is -2.00. The predicted molar refractivity (Wildman–Crippen MR) is 65.4 cm³/mol. The van der Waals surface area contributed by atoms with Gasteiger partial charge in [0.05, 0.1) is 6.61 Å². The number of rotatable bonds is 5. The minimum atomic E-state index is 0.0121. The van der Waals surface area contributed by atoms with Crippen molar-refractivity contribution in [3.8, 4) is 0 Å². The van der Waals surface area contributed by atoms with E-state index in [4.69, 9.17) is 4.74 Å². The van der Waals surface area contributed by atoms with Gasteiger partial charge in [0, 0.05) is 6.42 Å². The Labute approximate surface area is 92.6 Å². The predicted octanol–water partition coefficient (Wildman–Crippen LogP) is 2.75. The summed E-state index contributed by atoms with van der Waals surface area (Å²) in [5, 5.41) is 1.15. The summed E-state index contributed by atoms with van der Waals surface area (Å²) in [5.74, 6) is 0.832. The van der Waals surface area contributed by atoms with E-state index in [9.17, 15) is 4.79 Å². The number of carbonyl (C=O) groups is 1. The van der Waals surface area contributed by atoms with Gasteiger partial charge in [0.1, 0.15) is 5.76 Å². The molecular formula is C12H15O2P. The van der Waals surface area contributed by atoms with Crippen LogP contribution >= 0.6 is 9.24 Å². The van der Waals surface area contributed by atoms with E-state index in [0.717, 1.165) is 17.5 Å². The van der Waals surface area contributed by atoms with Crippen LogP contribution in [0, 0.1) is 0 Å². The molecule has 0 bridgehead atoms. The molecule has 0 radical (unpaired) electrons. The van der Waals surface area contributed by atoms with E-state index in [1.165, 1.54) is 6.08 Å². The first-order valence-electron chi connectivity index (χ1n) is 4.84. The first-order valence-corrected chi connectivity index (χ1v) is 5.42. The van der Waals surface area contributed by atoms with Crippen LogP contribution in [0.1, 0.15) is 12.8 Å². The maximum atomic E-state index is 10.9. The van der Waals surface area contributed by atoms with Crippen LogP contribution in [0.3, 0.4) is 0 Å². The van der Waals surface area contributed by atoms with Crippen molar-refractivity contribution in [2.45, 2.75) is 12.8 Å². The van der Waals surface area contributed by atoms with Crippen molar-refractivity contribution in [3.63, 3.8) is 0 Å². The molecule has 0 spiro atoms. The highest BCUT2D eigenvalue weighted by Gasteiger charge is 1.99. The molecule has 0 aromatic rings. The summed E-state index contributed by atoms with van der Waals surface area (Å²) >= 11 is 0. The highest BCUT2D eigenvalue weighted by molar-refractivity contribution is 7.22. The molecule has 80 valence electrons. The lowest BCUT2D eigenvalue weighted by atomic mass is 10.3. The van der Waals surface area contributed by atoms with Crippen LogP contribution in [0.25, 0.3) is 0 Å². The van der Waals surface area contributed by atoms with Crippen molar-refractivity contribution in [1.82, 2.24) is 0 Å². The molecule has 0 aromatic carbocycles. The molecule has 0 aliphatic heterocycles. The molecule has 0 fully saturated rings. The number of allylic oxidation sites excluding steroid dienone is 6. The number of ketones is 1. The second kappa shape index (κ2) is 6.36. The van der Waals surface area contributed by atoms with Crippen LogP contribution in [0.4, 0.5) is 0 Å². The summed E-state index contributed by atoms with van der Waals surface area (Å²) in [6.45, 7) is 3.82. The first kappa shape index (κ1) is 11.9. The molecule has 3 heteroatoms. The Morgan fingerprint density at radius 3 is 3.07 bits per heavy atom. The van der Waals surface area contributed by atoms with Crippen LogP contribution in [0.15, 0.2) is 48.0 Å². The Bertz CT molecular complexity index is 338. The summed E-state index contributed by atoms with van der Waals surface area (Å²) < 4.78 is 5.45. The van der Waals surface area contributed by atoms with Crippen molar-refractivity contribution >= 4 is 15.0 Å². The molecule has 1 aliphatic rings. The Balaban J connectivity index is 2.34. The topological polar surface area (TPSA) is 26.3 Å². The second-order valence-electron chi connectivity index (χ2n) is 3.15. The Kier molecular flexibility index (Phi) is 5.06. The SMILES string of the molecule is C=CC(=O)CCOC1=CCC=C(P)C=C1. The van der Waals surface area contributed by atoms with E-state index >= 15 is 0 Å². The van der Waals surface area contributed by atoms with Crippen LogP contribution in [0.2, 0.25) is 0 Å². The Morgan fingerprint density at radius 1 is 1.53 bits per heavy atom. The van der Waals surface area contributed by atoms with Crippen LogP contribution in [0.5, 0.6) is 0 Å². The van der Waals surface area contributed by atoms with Gasteiger partial charge in [-0.25, -0.2) is 0 Å². The fraction of sp³-hybridized carbons (Fsp3) is 0.250. The lowest BCUT2D eigenvalue weighted by Gasteiger charge is -2.04. The van der Waals surface area contributed by atoms with Crippen molar-refractivity contribution in [1.29, 1.82) is 0 Å². The Hall–Kier alpha value is -1.14. The zero-order chi connectivity index (χ0) is 11.1. The smallest absolute Gasteiger partial charge is 0.158 e. The number of carbonyl (C=O) groups excluding carboxylic acids is 1. The number of ether oxygens (including phenoxy) is 1. The van der Waals surface area contributed by atoms with Gasteiger partial charge in [-0.1, -0.05) is 18.7 Å². The third-order valence-corrected chi connectivity index (χ3v) is 2.39. The summed E-state index contributed by atoms with van der Waals surface area (Å²) in [6, 6.07) is 0. The highest BCUT2D eigenvalue weighted by atomic mass is 31.0. The van der Waals surface area contributed by atoms with E-state index in [1.807, 2.05) is 18.2 Å². The maximum Gasteiger partial charge on any atom is 0.158 e. The van der Waals surface area contributed by atoms with E-state index < -0.39 is 0 Å². The van der Waals surface area contributed by atoms with Gasteiger partial charge >= 0.3 is 0 Å². The van der Waals surface area contributed by atoms with Gasteiger partial charge in [-0.05, 0) is 30.0 Å². The lowest BCUT2D eigenvalue weighted by molar-refractivity contribution is -0.115. The normalized spacial score (nSPS) is 15.0. The third-order valence-electron chi connectivity index (χ3n) is 1.96. The van der Waals surface area contributed by atoms with Crippen molar-refractivity contribution in [2.75, 3.05) is 6.61 Å². The van der Waals surface area contributed by atoms with Crippen molar-refractivity contribution < 1.29 is 9.53 Å². The first-order chi connectivity index (χ1) is 7.22. The Morgan fingerprint density at radius 2 is 2.33 bits per heavy atom. The largest absolute Gasteiger partial charge is 0.493 e. The van der Waals surface area contributed by atoms with Crippen LogP contribution in [-0.2, 0) is 9.53 Å². The monoisotopic (exact) mass is 222 g/mol. The van der Waals surface area contributed by atoms with E-state index in [0.29, 0.717) is 13.0 Å². The molecule has 2 nitrogen and oxygen atoms in total. The molecule has 1 atom stereocenters. The molecule has 1 unspecified atom stereocenters. The zero-order valence-electron chi connectivity index (χ0n) is 8.61.